The second kappa shape index (κ2) is 10.6. The van der Waals surface area contributed by atoms with Gasteiger partial charge in [-0.05, 0) is 60.9 Å². The van der Waals surface area contributed by atoms with Crippen LogP contribution in [0.15, 0.2) is 53.4 Å². The van der Waals surface area contributed by atoms with Gasteiger partial charge in [-0.15, -0.1) is 11.8 Å². The van der Waals surface area contributed by atoms with Crippen LogP contribution in [0.1, 0.15) is 31.2 Å². The lowest BCUT2D eigenvalue weighted by molar-refractivity contribution is -0.140. The number of amides is 2. The van der Waals surface area contributed by atoms with Crippen molar-refractivity contribution in [3.8, 4) is 0 Å². The lowest BCUT2D eigenvalue weighted by Crippen LogP contribution is -2.57. The second-order valence-electron chi connectivity index (χ2n) is 9.35. The van der Waals surface area contributed by atoms with Gasteiger partial charge in [-0.2, -0.15) is 0 Å². The molecule has 2 unspecified atom stereocenters. The van der Waals surface area contributed by atoms with Crippen LogP contribution in [0.25, 0.3) is 6.08 Å². The summed E-state index contributed by atoms with van der Waals surface area (Å²) in [6.45, 7) is 2.67. The van der Waals surface area contributed by atoms with Crippen LogP contribution in [0.4, 0.5) is 10.1 Å². The molecule has 35 heavy (non-hydrogen) atoms. The van der Waals surface area contributed by atoms with E-state index in [1.54, 1.807) is 23.9 Å². The first-order valence-electron chi connectivity index (χ1n) is 12.2. The largest absolute Gasteiger partial charge is 0.368 e. The van der Waals surface area contributed by atoms with E-state index in [9.17, 15) is 14.0 Å². The van der Waals surface area contributed by atoms with Crippen molar-refractivity contribution in [2.24, 2.45) is 0 Å². The van der Waals surface area contributed by atoms with Gasteiger partial charge in [0.15, 0.2) is 0 Å². The van der Waals surface area contributed by atoms with E-state index in [0.717, 1.165) is 36.9 Å². The quantitative estimate of drug-likeness (QED) is 0.536. The van der Waals surface area contributed by atoms with Gasteiger partial charge in [0, 0.05) is 48.2 Å². The van der Waals surface area contributed by atoms with E-state index in [2.05, 4.69) is 4.90 Å². The van der Waals surface area contributed by atoms with Crippen molar-refractivity contribution in [1.29, 1.82) is 0 Å². The normalized spacial score (nSPS) is 24.0. The molecule has 2 aromatic rings. The van der Waals surface area contributed by atoms with Crippen molar-refractivity contribution < 1.29 is 14.0 Å². The smallest absolute Gasteiger partial charge is 0.261 e. The predicted molar refractivity (Wildman–Crippen MR) is 140 cm³/mol. The first-order chi connectivity index (χ1) is 17.0. The zero-order valence-electron chi connectivity index (χ0n) is 19.5. The van der Waals surface area contributed by atoms with Crippen molar-refractivity contribution in [3.05, 3.63) is 69.8 Å². The molecule has 2 aromatic carbocycles. The first-order valence-corrected chi connectivity index (χ1v) is 13.5. The van der Waals surface area contributed by atoms with Crippen molar-refractivity contribution in [2.45, 2.75) is 37.0 Å². The molecule has 2 atom stereocenters. The van der Waals surface area contributed by atoms with Crippen LogP contribution in [-0.2, 0) is 9.59 Å². The minimum atomic E-state index is -0.253. The summed E-state index contributed by atoms with van der Waals surface area (Å²) in [5, 5.41) is 0.949. The van der Waals surface area contributed by atoms with E-state index in [0.29, 0.717) is 41.4 Å². The van der Waals surface area contributed by atoms with E-state index in [4.69, 9.17) is 11.6 Å². The van der Waals surface area contributed by atoms with Gasteiger partial charge >= 0.3 is 0 Å². The average Bonchev–Trinajstić information content (AvgIpc) is 2.87. The van der Waals surface area contributed by atoms with Crippen LogP contribution < -0.4 is 4.90 Å². The Morgan fingerprint density at radius 3 is 2.54 bits per heavy atom. The van der Waals surface area contributed by atoms with Crippen LogP contribution in [0.3, 0.4) is 0 Å². The van der Waals surface area contributed by atoms with Gasteiger partial charge < -0.3 is 14.7 Å². The first kappa shape index (κ1) is 24.2. The molecule has 0 spiro atoms. The maximum absolute atomic E-state index is 13.5. The number of hydrogen-bond donors (Lipinski definition) is 0. The van der Waals surface area contributed by atoms with Gasteiger partial charge in [-0.1, -0.05) is 36.6 Å². The molecule has 5 rings (SSSR count). The Hall–Kier alpha value is -2.51. The summed E-state index contributed by atoms with van der Waals surface area (Å²) in [7, 11) is 0. The Morgan fingerprint density at radius 1 is 1.06 bits per heavy atom. The van der Waals surface area contributed by atoms with Gasteiger partial charge in [0.1, 0.15) is 12.4 Å². The summed E-state index contributed by atoms with van der Waals surface area (Å²) in [4.78, 5) is 33.4. The fourth-order valence-electron chi connectivity index (χ4n) is 5.22. The molecular weight excluding hydrogens is 485 g/mol. The molecule has 2 amide bonds. The number of hydrogen-bond acceptors (Lipinski definition) is 4. The maximum Gasteiger partial charge on any atom is 0.261 e. The number of rotatable bonds is 4. The van der Waals surface area contributed by atoms with Crippen molar-refractivity contribution in [2.75, 3.05) is 37.6 Å². The fraction of sp³-hybridized carbons (Fsp3) is 0.407. The highest BCUT2D eigenvalue weighted by molar-refractivity contribution is 8.04. The topological polar surface area (TPSA) is 43.9 Å². The molecule has 8 heteroatoms. The number of fused-ring (bicyclic) bond motifs is 1. The van der Waals surface area contributed by atoms with E-state index >= 15 is 0 Å². The minimum Gasteiger partial charge on any atom is -0.368 e. The Morgan fingerprint density at radius 2 is 1.80 bits per heavy atom. The summed E-state index contributed by atoms with van der Waals surface area (Å²) in [6.07, 6.45) is 6.14. The number of carbonyl (C=O) groups excluding carboxylic acids is 2. The summed E-state index contributed by atoms with van der Waals surface area (Å²) >= 11 is 7.81. The molecule has 184 valence electrons. The third kappa shape index (κ3) is 5.51. The van der Waals surface area contributed by atoms with Crippen LogP contribution in [0.5, 0.6) is 0 Å². The van der Waals surface area contributed by atoms with Crippen LogP contribution in [-0.4, -0.2) is 65.6 Å². The van der Waals surface area contributed by atoms with E-state index in [-0.39, 0.29) is 30.2 Å². The molecule has 2 saturated heterocycles. The summed E-state index contributed by atoms with van der Waals surface area (Å²) in [6, 6.07) is 14.1. The van der Waals surface area contributed by atoms with E-state index in [1.807, 2.05) is 40.1 Å². The Balaban J connectivity index is 1.28. The molecule has 0 bridgehead atoms. The number of carbonyl (C=O) groups is 2. The molecular formula is C27H29ClFN3O2S. The van der Waals surface area contributed by atoms with E-state index < -0.39 is 0 Å². The molecule has 3 fully saturated rings. The van der Waals surface area contributed by atoms with Gasteiger partial charge in [0.2, 0.25) is 5.91 Å². The molecule has 1 saturated carbocycles. The molecule has 5 nitrogen and oxygen atoms in total. The van der Waals surface area contributed by atoms with Crippen LogP contribution in [0, 0.1) is 5.82 Å². The standard InChI is InChI=1S/C27H29ClFN3O2S/c28-20-5-3-4-19(16-20)17-25-27(34)32(23-6-1-2-7-24(23)35-25)18-26(33)31-14-12-30(13-15-31)22-10-8-21(29)9-11-22/h3-5,8-11,16-17,23-24H,1-2,6-7,12-15,18H2/b25-17-. The Labute approximate surface area is 214 Å². The Kier molecular flexibility index (Phi) is 7.35. The monoisotopic (exact) mass is 513 g/mol. The summed E-state index contributed by atoms with van der Waals surface area (Å²) in [5.74, 6) is -0.316. The third-order valence-electron chi connectivity index (χ3n) is 7.09. The van der Waals surface area contributed by atoms with Crippen LogP contribution in [0.2, 0.25) is 5.02 Å². The highest BCUT2D eigenvalue weighted by atomic mass is 35.5. The average molecular weight is 514 g/mol. The third-order valence-corrected chi connectivity index (χ3v) is 8.73. The lowest BCUT2D eigenvalue weighted by atomic mass is 9.93. The van der Waals surface area contributed by atoms with Gasteiger partial charge in [0.25, 0.3) is 5.91 Å². The molecule has 0 radical (unpaired) electrons. The van der Waals surface area contributed by atoms with Crippen molar-refractivity contribution in [3.63, 3.8) is 0 Å². The summed E-state index contributed by atoms with van der Waals surface area (Å²) in [5.41, 5.74) is 1.85. The zero-order chi connectivity index (χ0) is 24.4. The van der Waals surface area contributed by atoms with Gasteiger partial charge in [0.05, 0.1) is 4.91 Å². The van der Waals surface area contributed by atoms with Crippen molar-refractivity contribution >= 4 is 46.9 Å². The summed E-state index contributed by atoms with van der Waals surface area (Å²) < 4.78 is 13.2. The number of nitrogens with zero attached hydrogens (tertiary/aromatic N) is 3. The predicted octanol–water partition coefficient (Wildman–Crippen LogP) is 5.06. The molecule has 0 aromatic heterocycles. The fourth-order valence-corrected chi connectivity index (χ4v) is 6.89. The zero-order valence-corrected chi connectivity index (χ0v) is 21.1. The highest BCUT2D eigenvalue weighted by Crippen LogP contribution is 2.42. The molecule has 3 aliphatic rings. The van der Waals surface area contributed by atoms with E-state index in [1.165, 1.54) is 12.1 Å². The molecule has 2 heterocycles. The number of thioether (sulfide) groups is 1. The Bertz CT molecular complexity index is 1120. The van der Waals surface area contributed by atoms with Gasteiger partial charge in [-0.25, -0.2) is 4.39 Å². The highest BCUT2D eigenvalue weighted by Gasteiger charge is 2.41. The molecule has 1 aliphatic carbocycles. The number of benzene rings is 2. The van der Waals surface area contributed by atoms with Crippen molar-refractivity contribution in [1.82, 2.24) is 9.80 Å². The second-order valence-corrected chi connectivity index (χ2v) is 11.1. The van der Waals surface area contributed by atoms with Gasteiger partial charge in [-0.3, -0.25) is 9.59 Å². The number of anilines is 1. The minimum absolute atomic E-state index is 0.00423. The SMILES string of the molecule is O=C(CN1C(=O)/C(=C/c2cccc(Cl)c2)SC2CCCCC21)N1CCN(c2ccc(F)cc2)CC1. The number of piperazine rings is 1. The lowest BCUT2D eigenvalue weighted by Gasteiger charge is -2.45. The molecule has 0 N–H and O–H groups in total. The van der Waals surface area contributed by atoms with Crippen LogP contribution >= 0.6 is 23.4 Å². The maximum atomic E-state index is 13.5. The number of halogens is 2. The molecule has 2 aliphatic heterocycles.